The van der Waals surface area contributed by atoms with Gasteiger partial charge in [0.25, 0.3) is 0 Å². The van der Waals surface area contributed by atoms with Crippen LogP contribution >= 0.6 is 24.0 Å². The van der Waals surface area contributed by atoms with Crippen molar-refractivity contribution in [3.05, 3.63) is 42.1 Å². The molecule has 6 heteroatoms. The Kier molecular flexibility index (Phi) is 7.06. The third kappa shape index (κ3) is 4.84. The minimum absolute atomic E-state index is 0. The second-order valence-corrected chi connectivity index (χ2v) is 4.18. The van der Waals surface area contributed by atoms with Crippen LogP contribution in [0, 0.1) is 0 Å². The van der Waals surface area contributed by atoms with Gasteiger partial charge in [-0.15, -0.1) is 24.0 Å². The lowest BCUT2D eigenvalue weighted by Crippen LogP contribution is -2.32. The van der Waals surface area contributed by atoms with Crippen molar-refractivity contribution in [3.8, 4) is 11.3 Å². The molecule has 1 heterocycles. The van der Waals surface area contributed by atoms with Crippen molar-refractivity contribution in [3.63, 3.8) is 0 Å². The molecule has 3 N–H and O–H groups in total. The van der Waals surface area contributed by atoms with Gasteiger partial charge in [-0.3, -0.25) is 0 Å². The van der Waals surface area contributed by atoms with Crippen molar-refractivity contribution in [2.45, 2.75) is 19.9 Å². The fourth-order valence-electron chi connectivity index (χ4n) is 1.60. The fraction of sp³-hybridized carbons (Fsp3) is 0.286. The first-order valence-electron chi connectivity index (χ1n) is 6.34. The van der Waals surface area contributed by atoms with Crippen LogP contribution in [0.15, 0.2) is 45.9 Å². The normalized spacial score (nSPS) is 10.9. The highest BCUT2D eigenvalue weighted by Crippen LogP contribution is 2.19. The average Bonchev–Trinajstić information content (AvgIpc) is 2.93. The van der Waals surface area contributed by atoms with Crippen molar-refractivity contribution in [1.29, 1.82) is 0 Å². The predicted molar refractivity (Wildman–Crippen MR) is 91.0 cm³/mol. The molecule has 0 saturated heterocycles. The van der Waals surface area contributed by atoms with Crippen LogP contribution in [0.25, 0.3) is 11.3 Å². The Hall–Kier alpha value is -1.57. The summed E-state index contributed by atoms with van der Waals surface area (Å²) in [6.07, 6.45) is 1.01. The summed E-state index contributed by atoms with van der Waals surface area (Å²) in [5.74, 6) is 1.18. The van der Waals surface area contributed by atoms with Gasteiger partial charge in [0.2, 0.25) is 0 Å². The van der Waals surface area contributed by atoms with Gasteiger partial charge < -0.3 is 15.6 Å². The standard InChI is InChI=1S/C14H18N4O.HI/c1-2-8-16-14(15)17-10-12-9-13(19-18-12)11-6-4-3-5-7-11;/h3-7,9H,2,8,10H2,1H3,(H3,15,16,17);1H. The number of halogens is 1. The first-order valence-corrected chi connectivity index (χ1v) is 6.34. The second kappa shape index (κ2) is 8.57. The summed E-state index contributed by atoms with van der Waals surface area (Å²) in [4.78, 5) is 4.20. The Labute approximate surface area is 135 Å². The molecule has 0 aliphatic rings. The molecule has 0 aliphatic heterocycles. The van der Waals surface area contributed by atoms with Crippen molar-refractivity contribution < 1.29 is 4.52 Å². The summed E-state index contributed by atoms with van der Waals surface area (Å²) in [5, 5.41) is 6.99. The lowest BCUT2D eigenvalue weighted by molar-refractivity contribution is 0.424. The Bertz CT molecular complexity index is 539. The zero-order valence-corrected chi connectivity index (χ0v) is 13.7. The van der Waals surface area contributed by atoms with Gasteiger partial charge in [0.1, 0.15) is 5.69 Å². The van der Waals surface area contributed by atoms with Crippen molar-refractivity contribution in [2.75, 3.05) is 6.54 Å². The zero-order chi connectivity index (χ0) is 13.5. The Morgan fingerprint density at radius 3 is 2.80 bits per heavy atom. The van der Waals surface area contributed by atoms with Crippen LogP contribution in [0.5, 0.6) is 0 Å². The van der Waals surface area contributed by atoms with Crippen molar-refractivity contribution in [1.82, 2.24) is 10.5 Å². The monoisotopic (exact) mass is 386 g/mol. The van der Waals surface area contributed by atoms with E-state index >= 15 is 0 Å². The smallest absolute Gasteiger partial charge is 0.188 e. The van der Waals surface area contributed by atoms with Crippen LogP contribution in [-0.4, -0.2) is 17.7 Å². The number of nitrogens with zero attached hydrogens (tertiary/aromatic N) is 2. The number of guanidine groups is 1. The van der Waals surface area contributed by atoms with Gasteiger partial charge in [-0.25, -0.2) is 4.99 Å². The Morgan fingerprint density at radius 2 is 2.10 bits per heavy atom. The molecule has 0 aliphatic carbocycles. The molecular weight excluding hydrogens is 367 g/mol. The van der Waals surface area contributed by atoms with E-state index in [0.717, 1.165) is 30.0 Å². The van der Waals surface area contributed by atoms with E-state index in [4.69, 9.17) is 10.3 Å². The number of nitrogens with two attached hydrogens (primary N) is 1. The van der Waals surface area contributed by atoms with Gasteiger partial charge in [0.15, 0.2) is 11.7 Å². The summed E-state index contributed by atoms with van der Waals surface area (Å²) < 4.78 is 5.28. The predicted octanol–water partition coefficient (Wildman–Crippen LogP) is 2.77. The third-order valence-electron chi connectivity index (χ3n) is 2.58. The van der Waals surface area contributed by atoms with E-state index in [1.165, 1.54) is 0 Å². The molecule has 0 amide bonds. The van der Waals surface area contributed by atoms with Gasteiger partial charge in [0, 0.05) is 18.2 Å². The molecule has 2 aromatic rings. The van der Waals surface area contributed by atoms with Crippen LogP contribution in [0.2, 0.25) is 0 Å². The highest BCUT2D eigenvalue weighted by Gasteiger charge is 2.05. The van der Waals surface area contributed by atoms with Crippen LogP contribution in [0.1, 0.15) is 19.0 Å². The fourth-order valence-corrected chi connectivity index (χ4v) is 1.60. The van der Waals surface area contributed by atoms with Gasteiger partial charge >= 0.3 is 0 Å². The molecule has 0 fully saturated rings. The molecule has 0 saturated carbocycles. The number of rotatable bonds is 5. The van der Waals surface area contributed by atoms with E-state index in [1.807, 2.05) is 36.4 Å². The lowest BCUT2D eigenvalue weighted by atomic mass is 10.2. The number of nitrogens with one attached hydrogen (secondary N) is 1. The largest absolute Gasteiger partial charge is 0.370 e. The molecule has 2 rings (SSSR count). The molecule has 5 nitrogen and oxygen atoms in total. The van der Waals surface area contributed by atoms with E-state index in [0.29, 0.717) is 12.5 Å². The molecule has 0 bridgehead atoms. The lowest BCUT2D eigenvalue weighted by Gasteiger charge is -2.01. The highest BCUT2D eigenvalue weighted by molar-refractivity contribution is 14.0. The average molecular weight is 386 g/mol. The number of benzene rings is 1. The van der Waals surface area contributed by atoms with Gasteiger partial charge in [-0.05, 0) is 6.42 Å². The Morgan fingerprint density at radius 1 is 1.35 bits per heavy atom. The summed E-state index contributed by atoms with van der Waals surface area (Å²) in [6.45, 7) is 3.31. The molecule has 0 atom stereocenters. The molecule has 0 unspecified atom stereocenters. The van der Waals surface area contributed by atoms with Gasteiger partial charge in [-0.2, -0.15) is 0 Å². The van der Waals surface area contributed by atoms with E-state index in [-0.39, 0.29) is 24.0 Å². The molecule has 108 valence electrons. The molecular formula is C14H19IN4O. The second-order valence-electron chi connectivity index (χ2n) is 4.18. The summed E-state index contributed by atoms with van der Waals surface area (Å²) in [5.41, 5.74) is 7.47. The van der Waals surface area contributed by atoms with Crippen LogP contribution < -0.4 is 11.1 Å². The van der Waals surface area contributed by atoms with Gasteiger partial charge in [-0.1, -0.05) is 42.4 Å². The van der Waals surface area contributed by atoms with E-state index in [1.54, 1.807) is 0 Å². The van der Waals surface area contributed by atoms with Gasteiger partial charge in [0.05, 0.1) is 6.54 Å². The Balaban J connectivity index is 0.00000200. The topological polar surface area (TPSA) is 76.4 Å². The number of aliphatic imine (C=N–C) groups is 1. The number of hydrogen-bond donors (Lipinski definition) is 2. The summed E-state index contributed by atoms with van der Waals surface area (Å²) in [7, 11) is 0. The molecule has 0 spiro atoms. The molecule has 20 heavy (non-hydrogen) atoms. The van der Waals surface area contributed by atoms with Crippen molar-refractivity contribution in [2.24, 2.45) is 10.7 Å². The third-order valence-corrected chi connectivity index (χ3v) is 2.58. The molecule has 1 aromatic heterocycles. The minimum Gasteiger partial charge on any atom is -0.370 e. The maximum absolute atomic E-state index is 5.71. The minimum atomic E-state index is 0. The number of hydrogen-bond acceptors (Lipinski definition) is 3. The van der Waals surface area contributed by atoms with Crippen LogP contribution in [0.4, 0.5) is 0 Å². The first-order chi connectivity index (χ1) is 9.29. The van der Waals surface area contributed by atoms with Crippen LogP contribution in [0.3, 0.4) is 0 Å². The molecule has 0 radical (unpaired) electrons. The first kappa shape index (κ1) is 16.5. The number of aromatic nitrogens is 1. The zero-order valence-electron chi connectivity index (χ0n) is 11.4. The summed E-state index contributed by atoms with van der Waals surface area (Å²) in [6, 6.07) is 11.7. The molecule has 1 aromatic carbocycles. The highest BCUT2D eigenvalue weighted by atomic mass is 127. The van der Waals surface area contributed by atoms with E-state index < -0.39 is 0 Å². The van der Waals surface area contributed by atoms with E-state index in [2.05, 4.69) is 22.4 Å². The SMILES string of the molecule is CCCNC(N)=NCc1cc(-c2ccccc2)on1.I. The maximum atomic E-state index is 5.71. The summed E-state index contributed by atoms with van der Waals surface area (Å²) >= 11 is 0. The van der Waals surface area contributed by atoms with E-state index in [9.17, 15) is 0 Å². The van der Waals surface area contributed by atoms with Crippen molar-refractivity contribution >= 4 is 29.9 Å². The van der Waals surface area contributed by atoms with Crippen LogP contribution in [-0.2, 0) is 6.54 Å². The maximum Gasteiger partial charge on any atom is 0.188 e. The quantitative estimate of drug-likeness (QED) is 0.471.